The Morgan fingerprint density at radius 1 is 1.57 bits per heavy atom. The van der Waals surface area contributed by atoms with Crippen molar-refractivity contribution in [2.45, 2.75) is 45.7 Å². The molecule has 4 nitrogen and oxygen atoms in total. The van der Waals surface area contributed by atoms with E-state index in [1.54, 1.807) is 13.8 Å². The number of ether oxygens (including phenoxy) is 3. The Morgan fingerprint density at radius 2 is 2.29 bits per heavy atom. The van der Waals surface area contributed by atoms with E-state index in [-0.39, 0.29) is 5.78 Å². The lowest BCUT2D eigenvalue weighted by molar-refractivity contribution is -0.286. The average Bonchev–Trinajstić information content (AvgIpc) is 2.08. The molecule has 0 radical (unpaired) electrons. The summed E-state index contributed by atoms with van der Waals surface area (Å²) in [7, 11) is 0. The molecule has 1 rings (SSSR count). The molecule has 1 atom stereocenters. The minimum absolute atomic E-state index is 0.00373. The van der Waals surface area contributed by atoms with Gasteiger partial charge in [0.1, 0.15) is 0 Å². The van der Waals surface area contributed by atoms with Gasteiger partial charge in [0.05, 0.1) is 6.61 Å². The van der Waals surface area contributed by atoms with Crippen LogP contribution in [0.2, 0.25) is 0 Å². The summed E-state index contributed by atoms with van der Waals surface area (Å²) in [6, 6.07) is 0. The van der Waals surface area contributed by atoms with Gasteiger partial charge in [0.25, 0.3) is 0 Å². The van der Waals surface area contributed by atoms with Gasteiger partial charge in [0.2, 0.25) is 6.29 Å². The van der Waals surface area contributed by atoms with Gasteiger partial charge >= 0.3 is 0 Å². The Labute approximate surface area is 84.5 Å². The van der Waals surface area contributed by atoms with Gasteiger partial charge < -0.3 is 14.2 Å². The molecule has 4 heteroatoms. The van der Waals surface area contributed by atoms with Gasteiger partial charge in [-0.15, -0.1) is 0 Å². The molecule has 1 aliphatic heterocycles. The van der Waals surface area contributed by atoms with Crippen molar-refractivity contribution in [3.8, 4) is 0 Å². The number of carbonyl (C=O) groups is 1. The predicted molar refractivity (Wildman–Crippen MR) is 50.8 cm³/mol. The Balaban J connectivity index is 2.45. The van der Waals surface area contributed by atoms with Crippen LogP contribution in [0.3, 0.4) is 0 Å². The van der Waals surface area contributed by atoms with Crippen molar-refractivity contribution in [1.29, 1.82) is 0 Å². The third kappa shape index (κ3) is 3.36. The maximum atomic E-state index is 11.4. The standard InChI is InChI=1S/C10H18O4/c1-4-13-10(2,3)14-9-8(11)6-5-7-12-9/h9H,4-7H2,1-3H3/t9-/m0/s1. The zero-order valence-electron chi connectivity index (χ0n) is 9.04. The van der Waals surface area contributed by atoms with Crippen molar-refractivity contribution in [1.82, 2.24) is 0 Å². The van der Waals surface area contributed by atoms with Crippen LogP contribution in [-0.2, 0) is 19.0 Å². The quantitative estimate of drug-likeness (QED) is 0.648. The van der Waals surface area contributed by atoms with Crippen LogP contribution in [-0.4, -0.2) is 31.1 Å². The Bertz CT molecular complexity index is 200. The highest BCUT2D eigenvalue weighted by Gasteiger charge is 2.31. The van der Waals surface area contributed by atoms with Crippen LogP contribution in [0.25, 0.3) is 0 Å². The molecule has 82 valence electrons. The Kier molecular flexibility index (Phi) is 4.04. The van der Waals surface area contributed by atoms with E-state index in [0.717, 1.165) is 6.42 Å². The fourth-order valence-electron chi connectivity index (χ4n) is 1.39. The second-order valence-corrected chi connectivity index (χ2v) is 3.72. The highest BCUT2D eigenvalue weighted by molar-refractivity contribution is 5.82. The number of carbonyl (C=O) groups excluding carboxylic acids is 1. The third-order valence-corrected chi connectivity index (χ3v) is 1.98. The summed E-state index contributed by atoms with van der Waals surface area (Å²) in [6.07, 6.45) is 0.575. The lowest BCUT2D eigenvalue weighted by Gasteiger charge is -2.31. The monoisotopic (exact) mass is 202 g/mol. The van der Waals surface area contributed by atoms with E-state index in [1.807, 2.05) is 6.92 Å². The first-order valence-corrected chi connectivity index (χ1v) is 5.01. The van der Waals surface area contributed by atoms with Crippen molar-refractivity contribution in [2.75, 3.05) is 13.2 Å². The highest BCUT2D eigenvalue weighted by Crippen LogP contribution is 2.19. The van der Waals surface area contributed by atoms with Gasteiger partial charge in [-0.2, -0.15) is 0 Å². The van der Waals surface area contributed by atoms with Crippen LogP contribution >= 0.6 is 0 Å². The molecular formula is C10H18O4. The fraction of sp³-hybridized carbons (Fsp3) is 0.900. The molecule has 1 heterocycles. The van der Waals surface area contributed by atoms with Crippen molar-refractivity contribution in [3.05, 3.63) is 0 Å². The topological polar surface area (TPSA) is 44.8 Å². The van der Waals surface area contributed by atoms with Crippen LogP contribution in [0.1, 0.15) is 33.6 Å². The van der Waals surface area contributed by atoms with E-state index in [1.165, 1.54) is 0 Å². The average molecular weight is 202 g/mol. The van der Waals surface area contributed by atoms with Gasteiger partial charge in [-0.25, -0.2) is 0 Å². The molecule has 0 N–H and O–H groups in total. The molecule has 0 unspecified atom stereocenters. The molecule has 0 aromatic rings. The number of Topliss-reactive ketones (excluding diaryl/α,β-unsaturated/α-hetero) is 1. The van der Waals surface area contributed by atoms with Crippen LogP contribution < -0.4 is 0 Å². The van der Waals surface area contributed by atoms with Gasteiger partial charge in [0, 0.05) is 13.0 Å². The SMILES string of the molecule is CCOC(C)(C)O[C@@H]1OCCCC1=O. The molecule has 0 aromatic carbocycles. The van der Waals surface area contributed by atoms with E-state index >= 15 is 0 Å². The number of hydrogen-bond acceptors (Lipinski definition) is 4. The predicted octanol–water partition coefficient (Wildman–Crippen LogP) is 1.48. The van der Waals surface area contributed by atoms with E-state index in [2.05, 4.69) is 0 Å². The molecule has 0 aromatic heterocycles. The first-order chi connectivity index (χ1) is 6.55. The second kappa shape index (κ2) is 4.87. The van der Waals surface area contributed by atoms with Crippen LogP contribution in [0.15, 0.2) is 0 Å². The normalized spacial score (nSPS) is 23.9. The molecule has 1 aliphatic rings. The Hall–Kier alpha value is -0.450. The highest BCUT2D eigenvalue weighted by atomic mass is 16.8. The zero-order chi connectivity index (χ0) is 10.6. The molecule has 0 bridgehead atoms. The van der Waals surface area contributed by atoms with Gasteiger partial charge in [0.15, 0.2) is 11.6 Å². The lowest BCUT2D eigenvalue weighted by atomic mass is 10.2. The van der Waals surface area contributed by atoms with Gasteiger partial charge in [-0.3, -0.25) is 4.79 Å². The fourth-order valence-corrected chi connectivity index (χ4v) is 1.39. The summed E-state index contributed by atoms with van der Waals surface area (Å²) in [4.78, 5) is 11.4. The maximum absolute atomic E-state index is 11.4. The van der Waals surface area contributed by atoms with E-state index in [0.29, 0.717) is 19.6 Å². The summed E-state index contributed by atoms with van der Waals surface area (Å²) in [5, 5.41) is 0. The number of rotatable bonds is 4. The largest absolute Gasteiger partial charge is 0.351 e. The molecule has 1 fully saturated rings. The summed E-state index contributed by atoms with van der Waals surface area (Å²) in [5.41, 5.74) is 0. The minimum Gasteiger partial charge on any atom is -0.351 e. The number of ketones is 1. The Morgan fingerprint density at radius 3 is 2.86 bits per heavy atom. The maximum Gasteiger partial charge on any atom is 0.220 e. The molecular weight excluding hydrogens is 184 g/mol. The van der Waals surface area contributed by atoms with Crippen LogP contribution in [0, 0.1) is 0 Å². The zero-order valence-corrected chi connectivity index (χ0v) is 9.04. The summed E-state index contributed by atoms with van der Waals surface area (Å²) in [6.45, 7) is 6.57. The molecule has 0 spiro atoms. The lowest BCUT2D eigenvalue weighted by Crippen LogP contribution is -2.41. The van der Waals surface area contributed by atoms with Gasteiger partial charge in [-0.1, -0.05) is 0 Å². The van der Waals surface area contributed by atoms with Crippen molar-refractivity contribution in [2.24, 2.45) is 0 Å². The van der Waals surface area contributed by atoms with Gasteiger partial charge in [-0.05, 0) is 27.2 Å². The van der Waals surface area contributed by atoms with E-state index in [9.17, 15) is 4.79 Å². The molecule has 14 heavy (non-hydrogen) atoms. The molecule has 0 amide bonds. The second-order valence-electron chi connectivity index (χ2n) is 3.72. The summed E-state index contributed by atoms with van der Waals surface area (Å²) in [5.74, 6) is -0.754. The van der Waals surface area contributed by atoms with Crippen molar-refractivity contribution in [3.63, 3.8) is 0 Å². The smallest absolute Gasteiger partial charge is 0.220 e. The first kappa shape index (κ1) is 11.6. The summed E-state index contributed by atoms with van der Waals surface area (Å²) >= 11 is 0. The molecule has 0 saturated carbocycles. The molecule has 1 saturated heterocycles. The first-order valence-electron chi connectivity index (χ1n) is 5.01. The van der Waals surface area contributed by atoms with E-state index in [4.69, 9.17) is 14.2 Å². The number of hydrogen-bond donors (Lipinski definition) is 0. The third-order valence-electron chi connectivity index (χ3n) is 1.98. The minimum atomic E-state index is -0.758. The van der Waals surface area contributed by atoms with Crippen molar-refractivity contribution >= 4 is 5.78 Å². The van der Waals surface area contributed by atoms with Crippen LogP contribution in [0.4, 0.5) is 0 Å². The molecule has 0 aliphatic carbocycles. The van der Waals surface area contributed by atoms with Crippen LogP contribution in [0.5, 0.6) is 0 Å². The van der Waals surface area contributed by atoms with Crippen molar-refractivity contribution < 1.29 is 19.0 Å². The summed E-state index contributed by atoms with van der Waals surface area (Å²) < 4.78 is 16.0. The van der Waals surface area contributed by atoms with E-state index < -0.39 is 12.1 Å².